The topological polar surface area (TPSA) is 50.9 Å². The van der Waals surface area contributed by atoms with Crippen molar-refractivity contribution in [2.24, 2.45) is 5.92 Å². The molecular formula is C15H19N3. The van der Waals surface area contributed by atoms with Gasteiger partial charge in [-0.2, -0.15) is 0 Å². The summed E-state index contributed by atoms with van der Waals surface area (Å²) in [5, 5.41) is 4.58. The number of aromatic nitrogens is 1. The Hall–Kier alpha value is -1.61. The second-order valence-corrected chi connectivity index (χ2v) is 5.37. The highest BCUT2D eigenvalue weighted by molar-refractivity contribution is 5.90. The molecule has 0 radical (unpaired) electrons. The van der Waals surface area contributed by atoms with Gasteiger partial charge >= 0.3 is 0 Å². The van der Waals surface area contributed by atoms with Gasteiger partial charge in [0.1, 0.15) is 0 Å². The number of nitrogens with one attached hydrogen (secondary N) is 1. The Morgan fingerprint density at radius 1 is 1.33 bits per heavy atom. The summed E-state index contributed by atoms with van der Waals surface area (Å²) in [7, 11) is 0. The number of benzene rings is 1. The van der Waals surface area contributed by atoms with E-state index in [4.69, 9.17) is 5.73 Å². The quantitative estimate of drug-likeness (QED) is 0.868. The Kier molecular flexibility index (Phi) is 2.92. The molecule has 94 valence electrons. The van der Waals surface area contributed by atoms with Gasteiger partial charge in [0.15, 0.2) is 0 Å². The number of nitrogens with two attached hydrogens (primary N) is 1. The molecule has 3 rings (SSSR count). The van der Waals surface area contributed by atoms with Crippen molar-refractivity contribution in [3.8, 4) is 0 Å². The summed E-state index contributed by atoms with van der Waals surface area (Å²) in [6, 6.07) is 10.7. The second kappa shape index (κ2) is 4.58. The molecular weight excluding hydrogens is 222 g/mol. The zero-order valence-corrected chi connectivity index (χ0v) is 10.7. The van der Waals surface area contributed by atoms with Crippen LogP contribution in [0.4, 0.5) is 5.69 Å². The lowest BCUT2D eigenvalue weighted by atomic mass is 9.82. The average molecular weight is 241 g/mol. The van der Waals surface area contributed by atoms with Crippen LogP contribution >= 0.6 is 0 Å². The summed E-state index contributed by atoms with van der Waals surface area (Å²) >= 11 is 0. The molecule has 1 aromatic heterocycles. The Labute approximate surface area is 107 Å². The number of rotatable bonds is 3. The van der Waals surface area contributed by atoms with Gasteiger partial charge in [0.2, 0.25) is 0 Å². The predicted octanol–water partition coefficient (Wildman–Crippen LogP) is 2.71. The molecule has 18 heavy (non-hydrogen) atoms. The molecule has 0 bridgehead atoms. The van der Waals surface area contributed by atoms with Crippen LogP contribution in [0.3, 0.4) is 0 Å². The molecule has 3 nitrogen and oxygen atoms in total. The van der Waals surface area contributed by atoms with Crippen LogP contribution in [0.5, 0.6) is 0 Å². The third kappa shape index (κ3) is 2.18. The lowest BCUT2D eigenvalue weighted by molar-refractivity contribution is 0.240. The predicted molar refractivity (Wildman–Crippen MR) is 75.2 cm³/mol. The first kappa shape index (κ1) is 11.5. The zero-order valence-electron chi connectivity index (χ0n) is 10.7. The fourth-order valence-electron chi connectivity index (χ4n) is 2.67. The molecule has 1 aliphatic rings. The van der Waals surface area contributed by atoms with Crippen LogP contribution < -0.4 is 11.1 Å². The third-order valence-corrected chi connectivity index (χ3v) is 3.75. The van der Waals surface area contributed by atoms with Gasteiger partial charge in [-0.15, -0.1) is 0 Å². The molecule has 3 heteroatoms. The van der Waals surface area contributed by atoms with Crippen molar-refractivity contribution in [3.05, 3.63) is 36.0 Å². The van der Waals surface area contributed by atoms with Gasteiger partial charge in [0.25, 0.3) is 0 Å². The van der Waals surface area contributed by atoms with Gasteiger partial charge in [-0.25, -0.2) is 0 Å². The monoisotopic (exact) mass is 241 g/mol. The molecule has 1 saturated carbocycles. The minimum absolute atomic E-state index is 0.662. The van der Waals surface area contributed by atoms with E-state index in [0.717, 1.165) is 34.7 Å². The lowest BCUT2D eigenvalue weighted by Gasteiger charge is -2.33. The third-order valence-electron chi connectivity index (χ3n) is 3.75. The first-order chi connectivity index (χ1) is 8.72. The van der Waals surface area contributed by atoms with E-state index < -0.39 is 0 Å². The van der Waals surface area contributed by atoms with Crippen LogP contribution in [0.2, 0.25) is 0 Å². The second-order valence-electron chi connectivity index (χ2n) is 5.37. The van der Waals surface area contributed by atoms with E-state index in [9.17, 15) is 0 Å². The number of nitrogens with zero attached hydrogens (tertiary/aromatic N) is 1. The van der Waals surface area contributed by atoms with Crippen LogP contribution in [0, 0.1) is 5.92 Å². The average Bonchev–Trinajstić information content (AvgIpc) is 2.33. The van der Waals surface area contributed by atoms with Crippen molar-refractivity contribution < 1.29 is 0 Å². The number of hydrogen-bond donors (Lipinski definition) is 2. The number of fused-ring (bicyclic) bond motifs is 1. The first-order valence-electron chi connectivity index (χ1n) is 6.60. The number of pyridine rings is 1. The Bertz CT molecular complexity index is 559. The number of anilines is 1. The molecule has 1 aromatic carbocycles. The van der Waals surface area contributed by atoms with Gasteiger partial charge < -0.3 is 11.1 Å². The fourth-order valence-corrected chi connectivity index (χ4v) is 2.67. The van der Waals surface area contributed by atoms with Crippen LogP contribution in [0.1, 0.15) is 25.5 Å². The maximum absolute atomic E-state index is 6.06. The van der Waals surface area contributed by atoms with E-state index >= 15 is 0 Å². The van der Waals surface area contributed by atoms with Crippen LogP contribution in [0.15, 0.2) is 30.3 Å². The minimum Gasteiger partial charge on any atom is -0.398 e. The molecule has 2 aromatic rings. The van der Waals surface area contributed by atoms with E-state index in [0.29, 0.717) is 6.04 Å². The van der Waals surface area contributed by atoms with Gasteiger partial charge in [0, 0.05) is 23.7 Å². The molecule has 1 heterocycles. The summed E-state index contributed by atoms with van der Waals surface area (Å²) in [4.78, 5) is 4.64. The molecule has 0 unspecified atom stereocenters. The van der Waals surface area contributed by atoms with E-state index in [2.05, 4.69) is 17.2 Å². The Morgan fingerprint density at radius 2 is 2.11 bits per heavy atom. The number of para-hydroxylation sites is 1. The molecule has 3 N–H and O–H groups in total. The summed E-state index contributed by atoms with van der Waals surface area (Å²) in [5.74, 6) is 0.872. The fraction of sp³-hybridized carbons (Fsp3) is 0.400. The van der Waals surface area contributed by atoms with E-state index in [1.54, 1.807) is 0 Å². The maximum atomic E-state index is 6.06. The van der Waals surface area contributed by atoms with Crippen LogP contribution in [0.25, 0.3) is 10.9 Å². The molecule has 0 amide bonds. The SMILES string of the molecule is CC1CC(NCc2cc(N)c3ccccc3n2)C1. The molecule has 1 aliphatic carbocycles. The molecule has 0 spiro atoms. The van der Waals surface area contributed by atoms with Gasteiger partial charge in [-0.3, -0.25) is 4.98 Å². The molecule has 1 fully saturated rings. The lowest BCUT2D eigenvalue weighted by Crippen LogP contribution is -2.39. The highest BCUT2D eigenvalue weighted by atomic mass is 14.9. The summed E-state index contributed by atoms with van der Waals surface area (Å²) in [6.07, 6.45) is 2.56. The number of hydrogen-bond acceptors (Lipinski definition) is 3. The van der Waals surface area contributed by atoms with Crippen molar-refractivity contribution >= 4 is 16.6 Å². The van der Waals surface area contributed by atoms with Crippen molar-refractivity contribution in [1.82, 2.24) is 10.3 Å². The first-order valence-corrected chi connectivity index (χ1v) is 6.60. The standard InChI is InChI=1S/C15H19N3/c1-10-6-11(7-10)17-9-12-8-14(16)13-4-2-3-5-15(13)18-12/h2-5,8,10-11,17H,6-7,9H2,1H3,(H2,16,18). The normalized spacial score (nSPS) is 22.9. The highest BCUT2D eigenvalue weighted by Crippen LogP contribution is 2.26. The Balaban J connectivity index is 1.76. The smallest absolute Gasteiger partial charge is 0.0726 e. The molecule has 0 aliphatic heterocycles. The minimum atomic E-state index is 0.662. The van der Waals surface area contributed by atoms with E-state index in [1.807, 2.05) is 30.3 Å². The number of nitrogen functional groups attached to an aromatic ring is 1. The van der Waals surface area contributed by atoms with Gasteiger partial charge in [-0.1, -0.05) is 25.1 Å². The van der Waals surface area contributed by atoms with Gasteiger partial charge in [-0.05, 0) is 30.9 Å². The van der Waals surface area contributed by atoms with Crippen LogP contribution in [-0.2, 0) is 6.54 Å². The van der Waals surface area contributed by atoms with Crippen molar-refractivity contribution in [2.75, 3.05) is 5.73 Å². The largest absolute Gasteiger partial charge is 0.398 e. The van der Waals surface area contributed by atoms with E-state index in [1.165, 1.54) is 12.8 Å². The summed E-state index contributed by atoms with van der Waals surface area (Å²) < 4.78 is 0. The van der Waals surface area contributed by atoms with Crippen molar-refractivity contribution in [1.29, 1.82) is 0 Å². The highest BCUT2D eigenvalue weighted by Gasteiger charge is 2.24. The zero-order chi connectivity index (χ0) is 12.5. The molecule has 0 saturated heterocycles. The van der Waals surface area contributed by atoms with Gasteiger partial charge in [0.05, 0.1) is 11.2 Å². The Morgan fingerprint density at radius 3 is 2.89 bits per heavy atom. The van der Waals surface area contributed by atoms with Crippen LogP contribution in [-0.4, -0.2) is 11.0 Å². The maximum Gasteiger partial charge on any atom is 0.0726 e. The van der Waals surface area contributed by atoms with E-state index in [-0.39, 0.29) is 0 Å². The molecule has 0 atom stereocenters. The van der Waals surface area contributed by atoms with Crippen molar-refractivity contribution in [3.63, 3.8) is 0 Å². The summed E-state index contributed by atoms with van der Waals surface area (Å²) in [5.41, 5.74) is 8.90. The summed E-state index contributed by atoms with van der Waals surface area (Å²) in [6.45, 7) is 3.11. The van der Waals surface area contributed by atoms with Crippen molar-refractivity contribution in [2.45, 2.75) is 32.4 Å².